The number of H-pyrrole nitrogens is 1. The molecule has 1 aliphatic rings. The molecule has 3 aromatic carbocycles. The van der Waals surface area contributed by atoms with Crippen molar-refractivity contribution >= 4 is 38.9 Å². The van der Waals surface area contributed by atoms with E-state index in [0.29, 0.717) is 0 Å². The maximum absolute atomic E-state index is 4.92. The second kappa shape index (κ2) is 6.13. The largest absolute Gasteiger partial charge is 0.357 e. The number of nitrogens with one attached hydrogen (secondary N) is 1. The molecule has 0 radical (unpaired) electrons. The summed E-state index contributed by atoms with van der Waals surface area (Å²) in [5.41, 5.74) is 6.74. The van der Waals surface area contributed by atoms with Gasteiger partial charge < -0.3 is 9.88 Å². The summed E-state index contributed by atoms with van der Waals surface area (Å²) in [5.74, 6) is 0. The molecule has 1 atom stereocenters. The number of aliphatic imine (C=N–C) groups is 1. The van der Waals surface area contributed by atoms with Gasteiger partial charge in [-0.15, -0.1) is 0 Å². The van der Waals surface area contributed by atoms with Crippen LogP contribution in [0.25, 0.3) is 21.8 Å². The first kappa shape index (κ1) is 15.9. The summed E-state index contributed by atoms with van der Waals surface area (Å²) in [5, 5.41) is 2.51. The molecule has 5 rings (SSSR count). The maximum atomic E-state index is 4.92. The van der Waals surface area contributed by atoms with Crippen molar-refractivity contribution in [3.05, 3.63) is 84.9 Å². The highest BCUT2D eigenvalue weighted by Crippen LogP contribution is 2.42. The minimum Gasteiger partial charge on any atom is -0.357 e. The number of para-hydroxylation sites is 4. The summed E-state index contributed by atoms with van der Waals surface area (Å²) < 4.78 is 0. The highest BCUT2D eigenvalue weighted by molar-refractivity contribution is 6.12. The fraction of sp³-hybridized carbons (Fsp3) is 0.125. The van der Waals surface area contributed by atoms with Gasteiger partial charge in [-0.3, -0.25) is 0 Å². The van der Waals surface area contributed by atoms with Gasteiger partial charge in [0.05, 0.1) is 28.6 Å². The Balaban J connectivity index is 1.79. The average Bonchev–Trinajstić information content (AvgIpc) is 3.11. The Morgan fingerprint density at radius 1 is 1.00 bits per heavy atom. The van der Waals surface area contributed by atoms with E-state index >= 15 is 0 Å². The van der Waals surface area contributed by atoms with Gasteiger partial charge in [-0.25, -0.2) is 4.99 Å². The summed E-state index contributed by atoms with van der Waals surface area (Å²) >= 11 is 0. The average molecular weight is 351 g/mol. The van der Waals surface area contributed by atoms with Crippen LogP contribution in [0.4, 0.5) is 11.4 Å². The zero-order valence-corrected chi connectivity index (χ0v) is 15.3. The summed E-state index contributed by atoms with van der Waals surface area (Å²) in [6.45, 7) is 7.15. The van der Waals surface area contributed by atoms with Crippen molar-refractivity contribution in [2.24, 2.45) is 4.99 Å². The molecule has 0 fully saturated rings. The summed E-state index contributed by atoms with van der Waals surface area (Å²) in [6, 6.07) is 23.4. The van der Waals surface area contributed by atoms with Crippen LogP contribution in [0, 0.1) is 0 Å². The Hall–Kier alpha value is -3.33. The van der Waals surface area contributed by atoms with Crippen LogP contribution in [0.2, 0.25) is 0 Å². The Labute approximate surface area is 158 Å². The van der Waals surface area contributed by atoms with Gasteiger partial charge in [0, 0.05) is 28.4 Å². The quantitative estimate of drug-likeness (QED) is 0.471. The van der Waals surface area contributed by atoms with E-state index in [1.54, 1.807) is 0 Å². The molecule has 1 aromatic heterocycles. The smallest absolute Gasteiger partial charge is 0.0987 e. The number of aromatic nitrogens is 1. The van der Waals surface area contributed by atoms with E-state index in [2.05, 4.69) is 84.1 Å². The molecule has 0 aliphatic carbocycles. The minimum atomic E-state index is 0.0409. The molecule has 132 valence electrons. The van der Waals surface area contributed by atoms with Crippen molar-refractivity contribution in [3.63, 3.8) is 0 Å². The van der Waals surface area contributed by atoms with Gasteiger partial charge in [0.1, 0.15) is 0 Å². The highest BCUT2D eigenvalue weighted by Gasteiger charge is 2.30. The van der Waals surface area contributed by atoms with Gasteiger partial charge in [0.25, 0.3) is 0 Å². The summed E-state index contributed by atoms with van der Waals surface area (Å²) in [6.07, 6.45) is 1.89. The maximum Gasteiger partial charge on any atom is 0.0987 e. The SMILES string of the molecule is C=CC1=Nc2ccccc2N(CC)C1c1cccc2c1[nH]c1ccccc12. The number of fused-ring (bicyclic) bond motifs is 4. The Bertz CT molecular complexity index is 1200. The van der Waals surface area contributed by atoms with Crippen LogP contribution in [-0.2, 0) is 0 Å². The molecule has 1 unspecified atom stereocenters. The lowest BCUT2D eigenvalue weighted by Gasteiger charge is -2.37. The summed E-state index contributed by atoms with van der Waals surface area (Å²) in [7, 11) is 0. The van der Waals surface area contributed by atoms with Crippen molar-refractivity contribution in [2.75, 3.05) is 11.4 Å². The lowest BCUT2D eigenvalue weighted by Crippen LogP contribution is -2.35. The number of hydrogen-bond acceptors (Lipinski definition) is 2. The van der Waals surface area contributed by atoms with Crippen LogP contribution >= 0.6 is 0 Å². The number of anilines is 1. The monoisotopic (exact) mass is 351 g/mol. The lowest BCUT2D eigenvalue weighted by atomic mass is 9.94. The highest BCUT2D eigenvalue weighted by atomic mass is 15.2. The van der Waals surface area contributed by atoms with E-state index in [9.17, 15) is 0 Å². The molecule has 27 heavy (non-hydrogen) atoms. The van der Waals surface area contributed by atoms with Crippen molar-refractivity contribution in [2.45, 2.75) is 13.0 Å². The van der Waals surface area contributed by atoms with Gasteiger partial charge in [-0.2, -0.15) is 0 Å². The number of benzene rings is 3. The molecule has 0 spiro atoms. The van der Waals surface area contributed by atoms with Crippen molar-refractivity contribution < 1.29 is 0 Å². The molecule has 0 amide bonds. The van der Waals surface area contributed by atoms with Gasteiger partial charge in [-0.05, 0) is 31.2 Å². The number of aromatic amines is 1. The molecule has 1 aliphatic heterocycles. The van der Waals surface area contributed by atoms with E-state index in [1.807, 2.05) is 12.1 Å². The second-order valence-corrected chi connectivity index (χ2v) is 6.86. The van der Waals surface area contributed by atoms with Gasteiger partial charge in [0.15, 0.2) is 0 Å². The number of rotatable bonds is 3. The Morgan fingerprint density at radius 3 is 2.63 bits per heavy atom. The minimum absolute atomic E-state index is 0.0409. The van der Waals surface area contributed by atoms with Crippen LogP contribution in [0.1, 0.15) is 18.5 Å². The molecular weight excluding hydrogens is 330 g/mol. The van der Waals surface area contributed by atoms with E-state index in [4.69, 9.17) is 4.99 Å². The first-order valence-corrected chi connectivity index (χ1v) is 9.38. The number of nitrogens with zero attached hydrogens (tertiary/aromatic N) is 2. The molecule has 0 saturated heterocycles. The standard InChI is InChI=1S/C24H21N3/c1-3-19-24(27(4-2)22-15-8-7-14-21(22)25-19)18-12-9-11-17-16-10-5-6-13-20(16)26-23(17)18/h3,5-15,24,26H,1,4H2,2H3. The summed E-state index contributed by atoms with van der Waals surface area (Å²) in [4.78, 5) is 11.0. The van der Waals surface area contributed by atoms with E-state index in [0.717, 1.165) is 23.5 Å². The van der Waals surface area contributed by atoms with Crippen LogP contribution in [-0.4, -0.2) is 17.2 Å². The number of hydrogen-bond donors (Lipinski definition) is 1. The van der Waals surface area contributed by atoms with E-state index in [-0.39, 0.29) is 6.04 Å². The molecule has 3 nitrogen and oxygen atoms in total. The third kappa shape index (κ3) is 2.32. The fourth-order valence-electron chi connectivity index (χ4n) is 4.26. The first-order valence-electron chi connectivity index (χ1n) is 9.38. The van der Waals surface area contributed by atoms with Crippen LogP contribution < -0.4 is 4.90 Å². The second-order valence-electron chi connectivity index (χ2n) is 6.86. The first-order chi connectivity index (χ1) is 13.3. The molecule has 0 bridgehead atoms. The van der Waals surface area contributed by atoms with E-state index < -0.39 is 0 Å². The third-order valence-corrected chi connectivity index (χ3v) is 5.45. The third-order valence-electron chi connectivity index (χ3n) is 5.45. The molecule has 1 N–H and O–H groups in total. The Morgan fingerprint density at radius 2 is 1.78 bits per heavy atom. The molecule has 4 aromatic rings. The Kier molecular flexibility index (Phi) is 3.61. The fourth-order valence-corrected chi connectivity index (χ4v) is 4.26. The van der Waals surface area contributed by atoms with Crippen molar-refractivity contribution in [3.8, 4) is 0 Å². The zero-order valence-electron chi connectivity index (χ0n) is 15.3. The predicted molar refractivity (Wildman–Crippen MR) is 115 cm³/mol. The van der Waals surface area contributed by atoms with Crippen LogP contribution in [0.15, 0.2) is 84.4 Å². The van der Waals surface area contributed by atoms with Crippen molar-refractivity contribution in [1.82, 2.24) is 4.98 Å². The van der Waals surface area contributed by atoms with Crippen LogP contribution in [0.5, 0.6) is 0 Å². The van der Waals surface area contributed by atoms with E-state index in [1.165, 1.54) is 27.5 Å². The zero-order chi connectivity index (χ0) is 18.4. The lowest BCUT2D eigenvalue weighted by molar-refractivity contribution is 0.773. The normalized spacial score (nSPS) is 16.4. The van der Waals surface area contributed by atoms with Gasteiger partial charge in [-0.1, -0.05) is 55.1 Å². The molecular formula is C24H21N3. The van der Waals surface area contributed by atoms with Crippen LogP contribution in [0.3, 0.4) is 0 Å². The van der Waals surface area contributed by atoms with Gasteiger partial charge >= 0.3 is 0 Å². The van der Waals surface area contributed by atoms with Crippen molar-refractivity contribution in [1.29, 1.82) is 0 Å². The topological polar surface area (TPSA) is 31.4 Å². The van der Waals surface area contributed by atoms with Gasteiger partial charge in [0.2, 0.25) is 0 Å². The predicted octanol–water partition coefficient (Wildman–Crippen LogP) is 6.16. The molecule has 2 heterocycles. The molecule has 0 saturated carbocycles. The molecule has 3 heteroatoms.